The van der Waals surface area contributed by atoms with Crippen molar-refractivity contribution in [2.45, 2.75) is 0 Å². The standard InChI is InChI=1S/C3H3NS/c1-2-5-3-4-1/h3H,2H2/q+1. The van der Waals surface area contributed by atoms with Gasteiger partial charge in [-0.15, -0.1) is 0 Å². The van der Waals surface area contributed by atoms with Gasteiger partial charge in [-0.25, -0.2) is 0 Å². The Kier molecular flexibility index (Phi) is 0.806. The molecule has 1 radical (unpaired) electrons. The molecule has 0 saturated carbocycles. The maximum Gasteiger partial charge on any atom is 0.406 e. The van der Waals surface area contributed by atoms with Gasteiger partial charge in [-0.1, -0.05) is 4.85 Å². The molecule has 1 rings (SSSR count). The number of hydrogen-bond acceptors (Lipinski definition) is 1. The van der Waals surface area contributed by atoms with E-state index in [2.05, 4.69) is 10.9 Å². The van der Waals surface area contributed by atoms with Crippen LogP contribution in [-0.4, -0.2) is 5.75 Å². The molecule has 1 aliphatic rings. The van der Waals surface area contributed by atoms with Gasteiger partial charge in [-0.2, -0.15) is 0 Å². The first-order valence-corrected chi connectivity index (χ1v) is 2.41. The predicted molar refractivity (Wildman–Crippen MR) is 24.0 cm³/mol. The van der Waals surface area contributed by atoms with Gasteiger partial charge in [0.05, 0.1) is 0 Å². The second kappa shape index (κ2) is 1.32. The molecule has 0 aromatic carbocycles. The molecule has 1 heterocycles. The van der Waals surface area contributed by atoms with Crippen LogP contribution in [0, 0.1) is 11.9 Å². The van der Waals surface area contributed by atoms with E-state index in [0.717, 1.165) is 5.75 Å². The van der Waals surface area contributed by atoms with Crippen LogP contribution in [0.2, 0.25) is 0 Å². The average Bonchev–Trinajstić information content (AvgIpc) is 1.76. The Morgan fingerprint density at radius 1 is 2.00 bits per heavy atom. The fraction of sp³-hybridized carbons (Fsp3) is 0.333. The fourth-order valence-corrected chi connectivity index (χ4v) is 0.559. The van der Waals surface area contributed by atoms with Crippen molar-refractivity contribution in [2.75, 3.05) is 5.75 Å². The molecule has 0 aromatic rings. The van der Waals surface area contributed by atoms with Crippen LogP contribution >= 0.6 is 11.8 Å². The van der Waals surface area contributed by atoms with E-state index in [1.165, 1.54) is 0 Å². The molecule has 5 heavy (non-hydrogen) atoms. The van der Waals surface area contributed by atoms with E-state index in [-0.39, 0.29) is 0 Å². The van der Waals surface area contributed by atoms with Crippen molar-refractivity contribution in [3.05, 3.63) is 10.7 Å². The summed E-state index contributed by atoms with van der Waals surface area (Å²) in [4.78, 5) is 3.67. The maximum atomic E-state index is 3.67. The van der Waals surface area contributed by atoms with Crippen LogP contribution in [0.5, 0.6) is 0 Å². The lowest BCUT2D eigenvalue weighted by Gasteiger charge is -1.53. The first-order valence-electron chi connectivity index (χ1n) is 1.36. The van der Waals surface area contributed by atoms with E-state index in [1.807, 2.05) is 0 Å². The highest BCUT2D eigenvalue weighted by atomic mass is 32.2. The number of nitrogens with zero attached hydrogens (tertiary/aromatic N) is 1. The van der Waals surface area contributed by atoms with Crippen molar-refractivity contribution in [1.82, 2.24) is 0 Å². The van der Waals surface area contributed by atoms with Crippen molar-refractivity contribution in [3.8, 4) is 6.07 Å². The first-order chi connectivity index (χ1) is 2.50. The zero-order chi connectivity index (χ0) is 3.54. The van der Waals surface area contributed by atoms with E-state index in [1.54, 1.807) is 17.6 Å². The van der Waals surface area contributed by atoms with Crippen molar-refractivity contribution in [3.63, 3.8) is 0 Å². The van der Waals surface area contributed by atoms with Gasteiger partial charge in [0.25, 0.3) is 6.07 Å². The SMILES string of the molecule is C1#[N+][CH]SC1. The van der Waals surface area contributed by atoms with Gasteiger partial charge in [-0.05, 0) is 11.8 Å². The van der Waals surface area contributed by atoms with E-state index in [0.29, 0.717) is 0 Å². The molecule has 0 saturated heterocycles. The molecular weight excluding hydrogens is 82.1 g/mol. The minimum absolute atomic E-state index is 0.944. The van der Waals surface area contributed by atoms with Gasteiger partial charge in [0.2, 0.25) is 0 Å². The lowest BCUT2D eigenvalue weighted by Crippen LogP contribution is -1.51. The number of thioether (sulfide) groups is 1. The van der Waals surface area contributed by atoms with E-state index < -0.39 is 0 Å². The molecule has 1 nitrogen and oxygen atoms in total. The second-order valence-corrected chi connectivity index (χ2v) is 1.54. The Hall–Kier alpha value is -0.160. The average molecular weight is 85.1 g/mol. The van der Waals surface area contributed by atoms with Crippen LogP contribution in [-0.2, 0) is 0 Å². The molecule has 25 valence electrons. The molecule has 0 aliphatic carbocycles. The summed E-state index contributed by atoms with van der Waals surface area (Å²) in [7, 11) is 0. The van der Waals surface area contributed by atoms with Crippen LogP contribution in [0.1, 0.15) is 0 Å². The van der Waals surface area contributed by atoms with Crippen molar-refractivity contribution in [2.24, 2.45) is 0 Å². The summed E-state index contributed by atoms with van der Waals surface area (Å²) in [6, 6.07) is 2.75. The number of rotatable bonds is 0. The Morgan fingerprint density at radius 2 is 3.00 bits per heavy atom. The third-order valence-electron chi connectivity index (χ3n) is 0.366. The summed E-state index contributed by atoms with van der Waals surface area (Å²) >= 11 is 1.67. The molecule has 0 N–H and O–H groups in total. The topological polar surface area (TPSA) is 4.36 Å². The third kappa shape index (κ3) is 0.555. The Balaban J connectivity index is 2.42. The number of hydrogen-bond donors (Lipinski definition) is 0. The van der Waals surface area contributed by atoms with Gasteiger partial charge in [-0.3, -0.25) is 0 Å². The predicted octanol–water partition coefficient (Wildman–Crippen LogP) is 1.19. The van der Waals surface area contributed by atoms with Crippen molar-refractivity contribution < 1.29 is 0 Å². The zero-order valence-electron chi connectivity index (χ0n) is 2.64. The Morgan fingerprint density at radius 3 is 3.20 bits per heavy atom. The van der Waals surface area contributed by atoms with Crippen LogP contribution in [0.25, 0.3) is 4.85 Å². The molecule has 2 heteroatoms. The second-order valence-electron chi connectivity index (χ2n) is 0.704. The highest BCUT2D eigenvalue weighted by molar-refractivity contribution is 8.01. The highest BCUT2D eigenvalue weighted by Gasteiger charge is 2.02. The molecule has 0 aromatic heterocycles. The van der Waals surface area contributed by atoms with Crippen LogP contribution in [0.3, 0.4) is 0 Å². The molecule has 0 fully saturated rings. The van der Waals surface area contributed by atoms with Crippen LogP contribution in [0.15, 0.2) is 0 Å². The summed E-state index contributed by atoms with van der Waals surface area (Å²) in [6.45, 7) is 0. The van der Waals surface area contributed by atoms with Crippen LogP contribution < -0.4 is 0 Å². The minimum atomic E-state index is 0.944. The zero-order valence-corrected chi connectivity index (χ0v) is 3.46. The van der Waals surface area contributed by atoms with Gasteiger partial charge < -0.3 is 0 Å². The molecule has 0 atom stereocenters. The quantitative estimate of drug-likeness (QED) is 0.427. The lowest BCUT2D eigenvalue weighted by atomic mass is 10.9. The summed E-state index contributed by atoms with van der Waals surface area (Å²) < 4.78 is 0. The molecule has 1 aliphatic heterocycles. The van der Waals surface area contributed by atoms with Crippen molar-refractivity contribution in [1.29, 1.82) is 0 Å². The first kappa shape index (κ1) is 3.05. The van der Waals surface area contributed by atoms with Gasteiger partial charge >= 0.3 is 5.88 Å². The smallest absolute Gasteiger partial charge is 0.0573 e. The molecule has 0 unspecified atom stereocenters. The van der Waals surface area contributed by atoms with Crippen molar-refractivity contribution >= 4 is 11.8 Å². The van der Waals surface area contributed by atoms with Crippen LogP contribution in [0.4, 0.5) is 0 Å². The van der Waals surface area contributed by atoms with Gasteiger partial charge in [0.15, 0.2) is 0 Å². The Bertz CT molecular complexity index is 70.6. The third-order valence-corrected chi connectivity index (χ3v) is 0.917. The molecule has 0 amide bonds. The fourth-order valence-electron chi connectivity index (χ4n) is 0.186. The molecule has 0 bridgehead atoms. The summed E-state index contributed by atoms with van der Waals surface area (Å²) in [6.07, 6.45) is 0. The minimum Gasteiger partial charge on any atom is -0.0573 e. The largest absolute Gasteiger partial charge is 0.406 e. The monoisotopic (exact) mass is 85.0 g/mol. The Labute approximate surface area is 35.2 Å². The maximum absolute atomic E-state index is 3.67. The van der Waals surface area contributed by atoms with E-state index in [9.17, 15) is 0 Å². The summed E-state index contributed by atoms with van der Waals surface area (Å²) in [5.41, 5.74) is 0. The molecule has 0 spiro atoms. The van der Waals surface area contributed by atoms with E-state index >= 15 is 0 Å². The molecular formula is C3H3NS+. The van der Waals surface area contributed by atoms with E-state index in [4.69, 9.17) is 0 Å². The van der Waals surface area contributed by atoms with Gasteiger partial charge in [0.1, 0.15) is 5.75 Å². The summed E-state index contributed by atoms with van der Waals surface area (Å²) in [5, 5.41) is 0. The summed E-state index contributed by atoms with van der Waals surface area (Å²) in [5.74, 6) is 2.74. The highest BCUT2D eigenvalue weighted by Crippen LogP contribution is 2.09. The van der Waals surface area contributed by atoms with Gasteiger partial charge in [0, 0.05) is 0 Å². The lowest BCUT2D eigenvalue weighted by molar-refractivity contribution is 1.97. The normalized spacial score (nSPS) is 17.6.